The average molecular weight is 159 g/mol. The zero-order chi connectivity index (χ0) is 8.74. The molecule has 2 nitrogen and oxygen atoms in total. The Morgan fingerprint density at radius 3 is 2.00 bits per heavy atom. The third kappa shape index (κ3) is 9.92. The quantitative estimate of drug-likeness (QED) is 0.332. The molecule has 2 heteroatoms. The molecule has 0 saturated carbocycles. The fraction of sp³-hybridized carbons (Fsp3) is 1.00. The van der Waals surface area contributed by atoms with Crippen LogP contribution in [0.3, 0.4) is 0 Å². The molecule has 0 heterocycles. The molecule has 0 fully saturated rings. The van der Waals surface area contributed by atoms with E-state index in [0.29, 0.717) is 0 Å². The van der Waals surface area contributed by atoms with E-state index in [-0.39, 0.29) is 4.65 Å². The molecule has 0 aliphatic carbocycles. The zero-order valence-electron chi connectivity index (χ0n) is 8.10. The van der Waals surface area contributed by atoms with Gasteiger partial charge in [0.15, 0.2) is 0 Å². The Bertz CT molecular complexity index is 86.1. The van der Waals surface area contributed by atoms with Crippen LogP contribution in [0.4, 0.5) is 0 Å². The zero-order valence-corrected chi connectivity index (χ0v) is 8.10. The molecule has 0 amide bonds. The van der Waals surface area contributed by atoms with Gasteiger partial charge in [-0.2, -0.15) is 0 Å². The SMILES string of the molecule is CCCCCCC[N+](C)(C)[O-]. The van der Waals surface area contributed by atoms with Gasteiger partial charge in [-0.1, -0.05) is 26.2 Å². The van der Waals surface area contributed by atoms with Crippen LogP contribution in [-0.4, -0.2) is 25.3 Å². The van der Waals surface area contributed by atoms with Gasteiger partial charge in [0.1, 0.15) is 0 Å². The van der Waals surface area contributed by atoms with E-state index in [0.717, 1.165) is 13.0 Å². The molecular weight excluding hydrogens is 138 g/mol. The number of hydrogen-bond donors (Lipinski definition) is 0. The van der Waals surface area contributed by atoms with Crippen LogP contribution in [0.25, 0.3) is 0 Å². The monoisotopic (exact) mass is 159 g/mol. The smallest absolute Gasteiger partial charge is 0.0779 e. The van der Waals surface area contributed by atoms with Crippen molar-refractivity contribution < 1.29 is 4.65 Å². The predicted molar refractivity (Wildman–Crippen MR) is 49.1 cm³/mol. The lowest BCUT2D eigenvalue weighted by molar-refractivity contribution is -0.840. The average Bonchev–Trinajstić information content (AvgIpc) is 1.85. The molecule has 0 N–H and O–H groups in total. The number of unbranched alkanes of at least 4 members (excludes halogenated alkanes) is 4. The van der Waals surface area contributed by atoms with E-state index in [2.05, 4.69) is 6.92 Å². The second-order valence-electron chi connectivity index (χ2n) is 3.71. The Labute approximate surface area is 70.4 Å². The van der Waals surface area contributed by atoms with E-state index in [9.17, 15) is 5.21 Å². The summed E-state index contributed by atoms with van der Waals surface area (Å²) in [6, 6.07) is 0. The van der Waals surface area contributed by atoms with E-state index in [1.807, 2.05) is 0 Å². The van der Waals surface area contributed by atoms with Gasteiger partial charge in [0.25, 0.3) is 0 Å². The first kappa shape index (κ1) is 10.9. The van der Waals surface area contributed by atoms with Gasteiger partial charge in [-0.25, -0.2) is 0 Å². The van der Waals surface area contributed by atoms with Crippen LogP contribution in [-0.2, 0) is 0 Å². The van der Waals surface area contributed by atoms with Crippen molar-refractivity contribution in [3.05, 3.63) is 5.21 Å². The summed E-state index contributed by atoms with van der Waals surface area (Å²) in [5.41, 5.74) is 0. The lowest BCUT2D eigenvalue weighted by Crippen LogP contribution is -2.32. The highest BCUT2D eigenvalue weighted by atomic mass is 16.5. The van der Waals surface area contributed by atoms with Gasteiger partial charge in [0.2, 0.25) is 0 Å². The van der Waals surface area contributed by atoms with E-state index < -0.39 is 0 Å². The maximum absolute atomic E-state index is 11.1. The highest BCUT2D eigenvalue weighted by Crippen LogP contribution is 2.04. The van der Waals surface area contributed by atoms with Crippen molar-refractivity contribution in [3.63, 3.8) is 0 Å². The number of hydroxylamine groups is 3. The molecule has 0 aromatic heterocycles. The number of rotatable bonds is 6. The Morgan fingerprint density at radius 2 is 1.55 bits per heavy atom. The molecular formula is C9H21NO. The first-order valence-corrected chi connectivity index (χ1v) is 4.60. The van der Waals surface area contributed by atoms with Crippen LogP contribution in [0.15, 0.2) is 0 Å². The second kappa shape index (κ2) is 5.56. The predicted octanol–water partition coefficient (Wildman–Crippen LogP) is 2.53. The summed E-state index contributed by atoms with van der Waals surface area (Å²) in [6.07, 6.45) is 6.17. The molecule has 0 unspecified atom stereocenters. The normalized spacial score (nSPS) is 12.0. The summed E-state index contributed by atoms with van der Waals surface area (Å²) in [7, 11) is 3.42. The van der Waals surface area contributed by atoms with Crippen molar-refractivity contribution in [3.8, 4) is 0 Å². The van der Waals surface area contributed by atoms with Crippen molar-refractivity contribution in [1.82, 2.24) is 0 Å². The van der Waals surface area contributed by atoms with E-state index >= 15 is 0 Å². The summed E-state index contributed by atoms with van der Waals surface area (Å²) in [4.78, 5) is 0. The van der Waals surface area contributed by atoms with Crippen molar-refractivity contribution in [2.75, 3.05) is 20.6 Å². The Morgan fingerprint density at radius 1 is 1.00 bits per heavy atom. The van der Waals surface area contributed by atoms with Crippen molar-refractivity contribution >= 4 is 0 Å². The fourth-order valence-electron chi connectivity index (χ4n) is 1.10. The highest BCUT2D eigenvalue weighted by molar-refractivity contribution is 4.42. The second-order valence-corrected chi connectivity index (χ2v) is 3.71. The minimum absolute atomic E-state index is 0.133. The van der Waals surface area contributed by atoms with E-state index in [1.54, 1.807) is 14.1 Å². The lowest BCUT2D eigenvalue weighted by atomic mass is 10.1. The molecule has 0 rings (SSSR count). The maximum atomic E-state index is 11.1. The Hall–Kier alpha value is -0.0800. The summed E-state index contributed by atoms with van der Waals surface area (Å²) in [5.74, 6) is 0. The maximum Gasteiger partial charge on any atom is 0.0779 e. The first-order chi connectivity index (χ1) is 5.06. The van der Waals surface area contributed by atoms with Crippen LogP contribution in [0.5, 0.6) is 0 Å². The Kier molecular flexibility index (Phi) is 5.51. The summed E-state index contributed by atoms with van der Waals surface area (Å²) in [5, 5.41) is 11.1. The lowest BCUT2D eigenvalue weighted by Gasteiger charge is -2.33. The standard InChI is InChI=1S/C9H21NO/c1-4-5-6-7-8-9-10(2,3)11/h4-9H2,1-3H3. The summed E-state index contributed by atoms with van der Waals surface area (Å²) in [6.45, 7) is 2.97. The van der Waals surface area contributed by atoms with Crippen molar-refractivity contribution in [1.29, 1.82) is 0 Å². The third-order valence-corrected chi connectivity index (χ3v) is 1.80. The molecule has 11 heavy (non-hydrogen) atoms. The molecule has 0 saturated heterocycles. The van der Waals surface area contributed by atoms with Gasteiger partial charge >= 0.3 is 0 Å². The Balaban J connectivity index is 3.02. The van der Waals surface area contributed by atoms with Gasteiger partial charge < -0.3 is 9.85 Å². The number of quaternary nitrogens is 1. The third-order valence-electron chi connectivity index (χ3n) is 1.80. The van der Waals surface area contributed by atoms with Gasteiger partial charge in [0, 0.05) is 0 Å². The minimum Gasteiger partial charge on any atom is -0.633 e. The number of hydrogen-bond acceptors (Lipinski definition) is 1. The largest absolute Gasteiger partial charge is 0.633 e. The molecule has 0 aromatic carbocycles. The molecule has 0 aliphatic heterocycles. The van der Waals surface area contributed by atoms with Crippen LogP contribution < -0.4 is 0 Å². The van der Waals surface area contributed by atoms with Gasteiger partial charge in [-0.05, 0) is 12.8 Å². The van der Waals surface area contributed by atoms with Crippen molar-refractivity contribution in [2.45, 2.75) is 39.0 Å². The minimum atomic E-state index is -0.133. The van der Waals surface area contributed by atoms with Crippen LogP contribution in [0.1, 0.15) is 39.0 Å². The molecule has 68 valence electrons. The molecule has 0 bridgehead atoms. The van der Waals surface area contributed by atoms with Gasteiger partial charge in [-0.3, -0.25) is 0 Å². The summed E-state index contributed by atoms with van der Waals surface area (Å²) >= 11 is 0. The van der Waals surface area contributed by atoms with Crippen LogP contribution >= 0.6 is 0 Å². The topological polar surface area (TPSA) is 23.1 Å². The number of nitrogens with zero attached hydrogens (tertiary/aromatic N) is 1. The fourth-order valence-corrected chi connectivity index (χ4v) is 1.10. The summed E-state index contributed by atoms with van der Waals surface area (Å²) < 4.78 is -0.133. The van der Waals surface area contributed by atoms with Crippen LogP contribution in [0, 0.1) is 5.21 Å². The molecule has 0 atom stereocenters. The molecule has 0 spiro atoms. The molecule has 0 aliphatic rings. The highest BCUT2D eigenvalue weighted by Gasteiger charge is 1.99. The van der Waals surface area contributed by atoms with Crippen molar-refractivity contribution in [2.24, 2.45) is 0 Å². The van der Waals surface area contributed by atoms with Gasteiger partial charge in [-0.15, -0.1) is 0 Å². The first-order valence-electron chi connectivity index (χ1n) is 4.60. The van der Waals surface area contributed by atoms with E-state index in [1.165, 1.54) is 25.7 Å². The van der Waals surface area contributed by atoms with E-state index in [4.69, 9.17) is 0 Å². The molecule has 0 aromatic rings. The molecule has 0 radical (unpaired) electrons. The van der Waals surface area contributed by atoms with Gasteiger partial charge in [0.05, 0.1) is 20.6 Å². The van der Waals surface area contributed by atoms with Crippen LogP contribution in [0.2, 0.25) is 0 Å².